The highest BCUT2D eigenvalue weighted by molar-refractivity contribution is 5.94. The molecule has 0 fully saturated rings. The molecule has 0 bridgehead atoms. The van der Waals surface area contributed by atoms with Crippen molar-refractivity contribution in [2.24, 2.45) is 0 Å². The van der Waals surface area contributed by atoms with Crippen LogP contribution in [0.4, 0.5) is 0 Å². The molecule has 0 radical (unpaired) electrons. The smallest absolute Gasteiger partial charge is 0.338 e. The Balaban J connectivity index is 1.63. The van der Waals surface area contributed by atoms with Gasteiger partial charge in [-0.2, -0.15) is 5.10 Å². The SMILES string of the molecule is CCOC(=O)c1ccc(-c2nccc(-c3cc4n(n3)CCNC4=O)n2)cc1. The van der Waals surface area contributed by atoms with Crippen LogP contribution in [-0.2, 0) is 11.3 Å². The van der Waals surface area contributed by atoms with Gasteiger partial charge in [0.1, 0.15) is 11.4 Å². The van der Waals surface area contributed by atoms with Crippen molar-refractivity contribution in [3.8, 4) is 22.8 Å². The van der Waals surface area contributed by atoms with Gasteiger partial charge in [0.2, 0.25) is 0 Å². The second-order valence-electron chi connectivity index (χ2n) is 5.96. The number of carbonyl (C=O) groups is 2. The van der Waals surface area contributed by atoms with Gasteiger partial charge in [-0.1, -0.05) is 12.1 Å². The summed E-state index contributed by atoms with van der Waals surface area (Å²) in [6.45, 7) is 3.30. The summed E-state index contributed by atoms with van der Waals surface area (Å²) in [6, 6.07) is 10.4. The van der Waals surface area contributed by atoms with E-state index in [2.05, 4.69) is 20.4 Å². The van der Waals surface area contributed by atoms with Crippen LogP contribution in [0.1, 0.15) is 27.8 Å². The minimum atomic E-state index is -0.361. The zero-order valence-electron chi connectivity index (χ0n) is 14.7. The summed E-state index contributed by atoms with van der Waals surface area (Å²) in [5.41, 5.74) is 3.02. The maximum Gasteiger partial charge on any atom is 0.338 e. The van der Waals surface area contributed by atoms with Crippen molar-refractivity contribution in [1.82, 2.24) is 25.1 Å². The Morgan fingerprint density at radius 2 is 2.04 bits per heavy atom. The summed E-state index contributed by atoms with van der Waals surface area (Å²) in [4.78, 5) is 32.5. The van der Waals surface area contributed by atoms with Crippen LogP contribution < -0.4 is 5.32 Å². The molecular formula is C19H17N5O3. The van der Waals surface area contributed by atoms with E-state index < -0.39 is 0 Å². The molecule has 1 aromatic carbocycles. The van der Waals surface area contributed by atoms with Crippen LogP contribution in [0, 0.1) is 0 Å². The Morgan fingerprint density at radius 3 is 2.78 bits per heavy atom. The molecule has 1 amide bonds. The van der Waals surface area contributed by atoms with Crippen LogP contribution in [0.5, 0.6) is 0 Å². The summed E-state index contributed by atoms with van der Waals surface area (Å²) >= 11 is 0. The highest BCUT2D eigenvalue weighted by Gasteiger charge is 2.20. The predicted octanol–water partition coefficient (Wildman–Crippen LogP) is 1.93. The van der Waals surface area contributed by atoms with Crippen LogP contribution in [0.2, 0.25) is 0 Å². The number of carbonyl (C=O) groups excluding carboxylic acids is 2. The number of hydrogen-bond donors (Lipinski definition) is 1. The molecule has 3 heterocycles. The summed E-state index contributed by atoms with van der Waals surface area (Å²) in [6.07, 6.45) is 1.65. The monoisotopic (exact) mass is 363 g/mol. The van der Waals surface area contributed by atoms with Crippen LogP contribution >= 0.6 is 0 Å². The highest BCUT2D eigenvalue weighted by Crippen LogP contribution is 2.22. The lowest BCUT2D eigenvalue weighted by molar-refractivity contribution is 0.0526. The molecule has 0 unspecified atom stereocenters. The van der Waals surface area contributed by atoms with Gasteiger partial charge in [0.15, 0.2) is 5.82 Å². The Kier molecular flexibility index (Phi) is 4.37. The van der Waals surface area contributed by atoms with Gasteiger partial charge in [0.05, 0.1) is 24.4 Å². The van der Waals surface area contributed by atoms with Crippen LogP contribution in [0.3, 0.4) is 0 Å². The van der Waals surface area contributed by atoms with Crippen molar-refractivity contribution >= 4 is 11.9 Å². The lowest BCUT2D eigenvalue weighted by atomic mass is 10.1. The number of fused-ring (bicyclic) bond motifs is 1. The van der Waals surface area contributed by atoms with Gasteiger partial charge in [-0.3, -0.25) is 9.48 Å². The van der Waals surface area contributed by atoms with Gasteiger partial charge in [0, 0.05) is 18.3 Å². The van der Waals surface area contributed by atoms with Crippen LogP contribution in [-0.4, -0.2) is 44.8 Å². The average molecular weight is 363 g/mol. The van der Waals surface area contributed by atoms with Crippen molar-refractivity contribution in [3.63, 3.8) is 0 Å². The summed E-state index contributed by atoms with van der Waals surface area (Å²) in [5.74, 6) is 0.0164. The summed E-state index contributed by atoms with van der Waals surface area (Å²) < 4.78 is 6.67. The molecular weight excluding hydrogens is 346 g/mol. The molecule has 3 aromatic rings. The van der Waals surface area contributed by atoms with Gasteiger partial charge in [-0.05, 0) is 31.2 Å². The van der Waals surface area contributed by atoms with Crippen molar-refractivity contribution in [1.29, 1.82) is 0 Å². The normalized spacial score (nSPS) is 13.0. The molecule has 1 aliphatic heterocycles. The van der Waals surface area contributed by atoms with Crippen LogP contribution in [0.15, 0.2) is 42.6 Å². The van der Waals surface area contributed by atoms with E-state index in [-0.39, 0.29) is 11.9 Å². The number of amides is 1. The molecule has 0 saturated heterocycles. The number of nitrogens with one attached hydrogen (secondary N) is 1. The number of rotatable bonds is 4. The molecule has 1 aliphatic rings. The number of esters is 1. The minimum absolute atomic E-state index is 0.135. The minimum Gasteiger partial charge on any atom is -0.462 e. The maximum atomic E-state index is 11.9. The van der Waals surface area contributed by atoms with E-state index in [0.29, 0.717) is 48.2 Å². The van der Waals surface area contributed by atoms with E-state index in [1.807, 2.05) is 0 Å². The lowest BCUT2D eigenvalue weighted by Crippen LogP contribution is -2.35. The van der Waals surface area contributed by atoms with Gasteiger partial charge in [-0.25, -0.2) is 14.8 Å². The Labute approximate surface area is 155 Å². The molecule has 136 valence electrons. The molecule has 8 nitrogen and oxygen atoms in total. The van der Waals surface area contributed by atoms with E-state index in [4.69, 9.17) is 4.74 Å². The van der Waals surface area contributed by atoms with Crippen molar-refractivity contribution in [2.45, 2.75) is 13.5 Å². The number of aromatic nitrogens is 4. The Hall–Kier alpha value is -3.55. The van der Waals surface area contributed by atoms with E-state index in [1.54, 1.807) is 54.2 Å². The largest absolute Gasteiger partial charge is 0.462 e. The molecule has 8 heteroatoms. The van der Waals surface area contributed by atoms with Crippen LogP contribution in [0.25, 0.3) is 22.8 Å². The zero-order chi connectivity index (χ0) is 18.8. The van der Waals surface area contributed by atoms with Gasteiger partial charge in [0.25, 0.3) is 5.91 Å². The van der Waals surface area contributed by atoms with Gasteiger partial charge >= 0.3 is 5.97 Å². The predicted molar refractivity (Wildman–Crippen MR) is 97.0 cm³/mol. The number of nitrogens with zero attached hydrogens (tertiary/aromatic N) is 4. The topological polar surface area (TPSA) is 99.0 Å². The first-order valence-corrected chi connectivity index (χ1v) is 8.62. The quantitative estimate of drug-likeness (QED) is 0.711. The second-order valence-corrected chi connectivity index (χ2v) is 5.96. The van der Waals surface area contributed by atoms with E-state index >= 15 is 0 Å². The molecule has 4 rings (SSSR count). The van der Waals surface area contributed by atoms with Gasteiger partial charge in [-0.15, -0.1) is 0 Å². The van der Waals surface area contributed by atoms with Crippen molar-refractivity contribution < 1.29 is 14.3 Å². The molecule has 0 saturated carbocycles. The Morgan fingerprint density at radius 1 is 1.22 bits per heavy atom. The maximum absolute atomic E-state index is 11.9. The fourth-order valence-corrected chi connectivity index (χ4v) is 2.87. The highest BCUT2D eigenvalue weighted by atomic mass is 16.5. The third-order valence-corrected chi connectivity index (χ3v) is 4.19. The fourth-order valence-electron chi connectivity index (χ4n) is 2.87. The third kappa shape index (κ3) is 3.29. The molecule has 1 N–H and O–H groups in total. The van der Waals surface area contributed by atoms with E-state index in [1.165, 1.54) is 0 Å². The molecule has 27 heavy (non-hydrogen) atoms. The summed E-state index contributed by atoms with van der Waals surface area (Å²) in [5, 5.41) is 7.26. The van der Waals surface area contributed by atoms with Gasteiger partial charge < -0.3 is 10.1 Å². The van der Waals surface area contributed by atoms with Crippen molar-refractivity contribution in [3.05, 3.63) is 53.9 Å². The Bertz CT molecular complexity index is 1010. The third-order valence-electron chi connectivity index (χ3n) is 4.19. The number of hydrogen-bond acceptors (Lipinski definition) is 6. The molecule has 0 spiro atoms. The standard InChI is InChI=1S/C19H17N5O3/c1-2-27-19(26)13-5-3-12(4-6-13)17-20-8-7-14(22-17)15-11-16-18(25)21-9-10-24(16)23-15/h3-8,11H,2,9-10H2,1H3,(H,21,25). The number of benzene rings is 1. The zero-order valence-corrected chi connectivity index (χ0v) is 14.7. The first-order chi connectivity index (χ1) is 13.2. The van der Waals surface area contributed by atoms with Crippen molar-refractivity contribution in [2.75, 3.05) is 13.2 Å². The number of ether oxygens (including phenoxy) is 1. The second kappa shape index (κ2) is 6.99. The molecule has 2 aromatic heterocycles. The van der Waals surface area contributed by atoms with E-state index in [9.17, 15) is 9.59 Å². The van der Waals surface area contributed by atoms with E-state index in [0.717, 1.165) is 5.56 Å². The fraction of sp³-hybridized carbons (Fsp3) is 0.211. The lowest BCUT2D eigenvalue weighted by Gasteiger charge is -2.13. The summed E-state index contributed by atoms with van der Waals surface area (Å²) in [7, 11) is 0. The first-order valence-electron chi connectivity index (χ1n) is 8.62. The average Bonchev–Trinajstić information content (AvgIpc) is 3.14. The molecule has 0 aliphatic carbocycles. The molecule has 0 atom stereocenters. The first kappa shape index (κ1) is 16.9.